The van der Waals surface area contributed by atoms with E-state index in [2.05, 4.69) is 22.1 Å². The molecule has 0 aliphatic rings. The second kappa shape index (κ2) is 8.37. The number of hydrogen-bond donors (Lipinski definition) is 1. The normalized spacial score (nSPS) is 10.6. The Balaban J connectivity index is 1.60. The van der Waals surface area contributed by atoms with E-state index in [0.29, 0.717) is 0 Å². The molecule has 3 aromatic heterocycles. The molecule has 4 nitrogen and oxygen atoms in total. The van der Waals surface area contributed by atoms with Gasteiger partial charge in [-0.15, -0.1) is 0 Å². The summed E-state index contributed by atoms with van der Waals surface area (Å²) in [5, 5.41) is 3.41. The second-order valence-corrected chi connectivity index (χ2v) is 7.37. The van der Waals surface area contributed by atoms with Crippen molar-refractivity contribution in [2.45, 2.75) is 6.92 Å². The van der Waals surface area contributed by atoms with Gasteiger partial charge in [0.15, 0.2) is 0 Å². The van der Waals surface area contributed by atoms with Gasteiger partial charge >= 0.3 is 0 Å². The third kappa shape index (κ3) is 3.94. The van der Waals surface area contributed by atoms with Crippen molar-refractivity contribution in [2.24, 2.45) is 0 Å². The molecule has 5 rings (SSSR count). The van der Waals surface area contributed by atoms with Crippen LogP contribution in [0.3, 0.4) is 0 Å². The lowest BCUT2D eigenvalue weighted by atomic mass is 10.1. The molecule has 0 amide bonds. The Kier molecular flexibility index (Phi) is 5.11. The highest BCUT2D eigenvalue weighted by Gasteiger charge is 2.16. The number of aromatic nitrogens is 3. The number of anilines is 2. The lowest BCUT2D eigenvalue weighted by Gasteiger charge is -2.09. The van der Waals surface area contributed by atoms with Crippen LogP contribution in [-0.4, -0.2) is 14.4 Å². The van der Waals surface area contributed by atoms with Gasteiger partial charge in [-0.3, -0.25) is 4.40 Å². The van der Waals surface area contributed by atoms with E-state index >= 15 is 0 Å². The fourth-order valence-corrected chi connectivity index (χ4v) is 3.51. The van der Waals surface area contributed by atoms with Gasteiger partial charge in [0.25, 0.3) is 0 Å². The maximum Gasteiger partial charge on any atom is 0.143 e. The van der Waals surface area contributed by atoms with Crippen LogP contribution in [0.1, 0.15) is 16.8 Å². The first-order valence-electron chi connectivity index (χ1n) is 10.2. The van der Waals surface area contributed by atoms with Gasteiger partial charge in [-0.2, -0.15) is 0 Å². The SMILES string of the molecule is Cc1cccn2c(Nc3ccc(F)cc3)c(-c3cccc(C#Cc4ccccn4)c3)nc12. The summed E-state index contributed by atoms with van der Waals surface area (Å²) in [6, 6.07) is 23.9. The molecule has 0 aliphatic carbocycles. The Morgan fingerprint density at radius 3 is 2.59 bits per heavy atom. The third-order valence-electron chi connectivity index (χ3n) is 5.09. The Morgan fingerprint density at radius 1 is 0.906 bits per heavy atom. The zero-order valence-electron chi connectivity index (χ0n) is 17.4. The van der Waals surface area contributed by atoms with E-state index in [4.69, 9.17) is 4.98 Å². The molecule has 0 saturated carbocycles. The molecular weight excluding hydrogens is 399 g/mol. The molecule has 3 heterocycles. The molecular formula is C27H19FN4. The van der Waals surface area contributed by atoms with Crippen LogP contribution in [0.5, 0.6) is 0 Å². The number of nitrogens with zero attached hydrogens (tertiary/aromatic N) is 3. The Morgan fingerprint density at radius 2 is 1.78 bits per heavy atom. The van der Waals surface area contributed by atoms with Crippen LogP contribution in [0.25, 0.3) is 16.9 Å². The standard InChI is InChI=1S/C27H19FN4/c1-19-6-5-17-32-26(19)31-25(27(32)30-24-14-11-22(28)12-15-24)21-8-4-7-20(18-21)10-13-23-9-2-3-16-29-23/h2-9,11-12,14-18,30H,1H3. The molecule has 0 saturated heterocycles. The number of imidazole rings is 1. The smallest absolute Gasteiger partial charge is 0.143 e. The third-order valence-corrected chi connectivity index (χ3v) is 5.09. The topological polar surface area (TPSA) is 42.2 Å². The molecule has 0 spiro atoms. The number of nitrogens with one attached hydrogen (secondary N) is 1. The van der Waals surface area contributed by atoms with Gasteiger partial charge in [-0.1, -0.05) is 30.2 Å². The number of halogens is 1. The second-order valence-electron chi connectivity index (χ2n) is 7.37. The van der Waals surface area contributed by atoms with E-state index in [1.54, 1.807) is 18.3 Å². The van der Waals surface area contributed by atoms with Crippen LogP contribution in [0.4, 0.5) is 15.9 Å². The number of aryl methyl sites for hydroxylation is 1. The first kappa shape index (κ1) is 19.5. The summed E-state index contributed by atoms with van der Waals surface area (Å²) in [5.41, 5.74) is 6.02. The van der Waals surface area contributed by atoms with Gasteiger partial charge < -0.3 is 5.32 Å². The quantitative estimate of drug-likeness (QED) is 0.366. The van der Waals surface area contributed by atoms with Crippen LogP contribution in [-0.2, 0) is 0 Å². The van der Waals surface area contributed by atoms with Crippen molar-refractivity contribution < 1.29 is 4.39 Å². The van der Waals surface area contributed by atoms with E-state index in [0.717, 1.165) is 45.2 Å². The lowest BCUT2D eigenvalue weighted by Crippen LogP contribution is -1.97. The summed E-state index contributed by atoms with van der Waals surface area (Å²) >= 11 is 0. The Bertz CT molecular complexity index is 1460. The van der Waals surface area contributed by atoms with E-state index in [9.17, 15) is 4.39 Å². The fraction of sp³-hybridized carbons (Fsp3) is 0.0370. The predicted octanol–water partition coefficient (Wildman–Crippen LogP) is 5.99. The molecule has 0 bridgehead atoms. The monoisotopic (exact) mass is 418 g/mol. The average molecular weight is 418 g/mol. The molecule has 154 valence electrons. The molecule has 5 aromatic rings. The number of pyridine rings is 2. The van der Waals surface area contributed by atoms with Crippen molar-refractivity contribution >= 4 is 17.2 Å². The highest BCUT2D eigenvalue weighted by atomic mass is 19.1. The molecule has 0 radical (unpaired) electrons. The lowest BCUT2D eigenvalue weighted by molar-refractivity contribution is 0.628. The summed E-state index contributed by atoms with van der Waals surface area (Å²) in [5.74, 6) is 6.82. The van der Waals surface area contributed by atoms with Crippen molar-refractivity contribution in [2.75, 3.05) is 5.32 Å². The van der Waals surface area contributed by atoms with Crippen molar-refractivity contribution in [3.63, 3.8) is 0 Å². The minimum absolute atomic E-state index is 0.274. The zero-order chi connectivity index (χ0) is 21.9. The summed E-state index contributed by atoms with van der Waals surface area (Å²) in [6.07, 6.45) is 3.70. The molecule has 0 unspecified atom stereocenters. The Hall–Kier alpha value is -4.43. The first-order chi connectivity index (χ1) is 15.7. The molecule has 32 heavy (non-hydrogen) atoms. The van der Waals surface area contributed by atoms with Gasteiger partial charge in [0.05, 0.1) is 0 Å². The molecule has 2 aromatic carbocycles. The van der Waals surface area contributed by atoms with Crippen molar-refractivity contribution in [1.29, 1.82) is 0 Å². The maximum atomic E-state index is 13.4. The Labute approximate surface area is 185 Å². The number of benzene rings is 2. The number of fused-ring (bicyclic) bond motifs is 1. The van der Waals surface area contributed by atoms with Crippen molar-refractivity contribution in [1.82, 2.24) is 14.4 Å². The molecule has 1 N–H and O–H groups in total. The van der Waals surface area contributed by atoms with E-state index < -0.39 is 0 Å². The van der Waals surface area contributed by atoms with Gasteiger partial charge in [0, 0.05) is 29.2 Å². The van der Waals surface area contributed by atoms with E-state index in [-0.39, 0.29) is 5.82 Å². The van der Waals surface area contributed by atoms with Crippen LogP contribution in [0.2, 0.25) is 0 Å². The van der Waals surface area contributed by atoms with Gasteiger partial charge in [0.1, 0.15) is 28.7 Å². The zero-order valence-corrected chi connectivity index (χ0v) is 17.4. The van der Waals surface area contributed by atoms with E-state index in [1.807, 2.05) is 72.1 Å². The van der Waals surface area contributed by atoms with E-state index in [1.165, 1.54) is 12.1 Å². The van der Waals surface area contributed by atoms with Crippen molar-refractivity contribution in [3.8, 4) is 23.1 Å². The number of hydrogen-bond acceptors (Lipinski definition) is 3. The summed E-state index contributed by atoms with van der Waals surface area (Å²) in [7, 11) is 0. The maximum absolute atomic E-state index is 13.4. The minimum Gasteiger partial charge on any atom is -0.339 e. The minimum atomic E-state index is -0.274. The van der Waals surface area contributed by atoms with Crippen LogP contribution < -0.4 is 5.32 Å². The van der Waals surface area contributed by atoms with Crippen LogP contribution in [0.15, 0.2) is 91.3 Å². The van der Waals surface area contributed by atoms with Crippen LogP contribution in [0, 0.1) is 24.6 Å². The summed E-state index contributed by atoms with van der Waals surface area (Å²) < 4.78 is 15.4. The summed E-state index contributed by atoms with van der Waals surface area (Å²) in [4.78, 5) is 9.18. The molecule has 0 fully saturated rings. The average Bonchev–Trinajstić information content (AvgIpc) is 3.20. The largest absolute Gasteiger partial charge is 0.339 e. The highest BCUT2D eigenvalue weighted by Crippen LogP contribution is 2.32. The number of rotatable bonds is 3. The predicted molar refractivity (Wildman–Crippen MR) is 125 cm³/mol. The highest BCUT2D eigenvalue weighted by molar-refractivity contribution is 5.81. The molecule has 0 atom stereocenters. The first-order valence-corrected chi connectivity index (χ1v) is 10.2. The van der Waals surface area contributed by atoms with Gasteiger partial charge in [-0.05, 0) is 73.0 Å². The van der Waals surface area contributed by atoms with Gasteiger partial charge in [0.2, 0.25) is 0 Å². The summed E-state index contributed by atoms with van der Waals surface area (Å²) in [6.45, 7) is 2.03. The molecule has 5 heteroatoms. The molecule has 0 aliphatic heterocycles. The fourth-order valence-electron chi connectivity index (χ4n) is 3.51. The van der Waals surface area contributed by atoms with Crippen molar-refractivity contribution in [3.05, 3.63) is 114 Å². The van der Waals surface area contributed by atoms with Crippen LogP contribution >= 0.6 is 0 Å². The van der Waals surface area contributed by atoms with Gasteiger partial charge in [-0.25, -0.2) is 14.4 Å².